The fourth-order valence-electron chi connectivity index (χ4n) is 3.04. The predicted octanol–water partition coefficient (Wildman–Crippen LogP) is 1.19. The van der Waals surface area contributed by atoms with E-state index in [1.165, 1.54) is 0 Å². The van der Waals surface area contributed by atoms with E-state index in [9.17, 15) is 9.59 Å². The molecule has 1 saturated heterocycles. The number of aromatic nitrogens is 2. The van der Waals surface area contributed by atoms with Crippen molar-refractivity contribution in [2.24, 2.45) is 0 Å². The van der Waals surface area contributed by atoms with Gasteiger partial charge in [0, 0.05) is 58.4 Å². The van der Waals surface area contributed by atoms with Gasteiger partial charge in [-0.15, -0.1) is 0 Å². The number of methoxy groups -OCH3 is 1. The molecule has 1 aliphatic heterocycles. The Morgan fingerprint density at radius 2 is 1.82 bits per heavy atom. The van der Waals surface area contributed by atoms with Crippen LogP contribution in [-0.2, 0) is 9.53 Å². The van der Waals surface area contributed by atoms with Gasteiger partial charge in [0.2, 0.25) is 5.91 Å². The Labute approximate surface area is 164 Å². The monoisotopic (exact) mass is 383 g/mol. The Bertz CT molecular complexity index is 820. The molecule has 2 aromatic rings. The molecule has 2 heterocycles. The second kappa shape index (κ2) is 9.27. The number of ether oxygens (including phenoxy) is 1. The van der Waals surface area contributed by atoms with Crippen LogP contribution in [0.3, 0.4) is 0 Å². The van der Waals surface area contributed by atoms with Gasteiger partial charge in [0.15, 0.2) is 5.82 Å². The second-order valence-corrected chi connectivity index (χ2v) is 6.54. The average Bonchev–Trinajstić information content (AvgIpc) is 2.74. The third kappa shape index (κ3) is 4.83. The molecular formula is C20H25N5O3. The van der Waals surface area contributed by atoms with E-state index in [0.717, 1.165) is 5.56 Å². The summed E-state index contributed by atoms with van der Waals surface area (Å²) in [5.74, 6) is 1.00. The molecule has 1 aliphatic rings. The van der Waals surface area contributed by atoms with Gasteiger partial charge in [-0.3, -0.25) is 9.59 Å². The van der Waals surface area contributed by atoms with E-state index in [1.807, 2.05) is 35.2 Å². The number of piperazine rings is 1. The van der Waals surface area contributed by atoms with E-state index < -0.39 is 0 Å². The van der Waals surface area contributed by atoms with Gasteiger partial charge in [-0.25, -0.2) is 9.97 Å². The minimum Gasteiger partial charge on any atom is -0.383 e. The molecule has 8 nitrogen and oxygen atoms in total. The zero-order chi connectivity index (χ0) is 19.9. The molecule has 0 saturated carbocycles. The van der Waals surface area contributed by atoms with Crippen molar-refractivity contribution in [1.29, 1.82) is 0 Å². The molecular weight excluding hydrogens is 358 g/mol. The molecule has 8 heteroatoms. The molecule has 0 radical (unpaired) electrons. The number of nitrogens with one attached hydrogen (secondary N) is 1. The fraction of sp³-hybridized carbons (Fsp3) is 0.400. The molecule has 1 N–H and O–H groups in total. The largest absolute Gasteiger partial charge is 0.383 e. The summed E-state index contributed by atoms with van der Waals surface area (Å²) < 4.78 is 4.98. The zero-order valence-electron chi connectivity index (χ0n) is 16.2. The smallest absolute Gasteiger partial charge is 0.270 e. The first kappa shape index (κ1) is 19.8. The van der Waals surface area contributed by atoms with Crippen LogP contribution in [0.15, 0.2) is 36.4 Å². The molecule has 28 heavy (non-hydrogen) atoms. The molecule has 1 aromatic carbocycles. The molecule has 0 unspecified atom stereocenters. The number of hydrogen-bond donors (Lipinski definition) is 1. The lowest BCUT2D eigenvalue weighted by atomic mass is 10.2. The fourth-order valence-corrected chi connectivity index (χ4v) is 3.04. The first-order chi connectivity index (χ1) is 13.6. The number of carbonyl (C=O) groups is 2. The van der Waals surface area contributed by atoms with Gasteiger partial charge in [0.25, 0.3) is 5.91 Å². The minimum absolute atomic E-state index is 0.0746. The Hall–Kier alpha value is -3.00. The lowest BCUT2D eigenvalue weighted by molar-refractivity contribution is -0.129. The highest BCUT2D eigenvalue weighted by Gasteiger charge is 2.22. The van der Waals surface area contributed by atoms with Gasteiger partial charge in [-0.2, -0.15) is 0 Å². The maximum atomic E-state index is 12.6. The van der Waals surface area contributed by atoms with Crippen LogP contribution < -0.4 is 10.2 Å². The molecule has 0 bridgehead atoms. The number of carbonyl (C=O) groups excluding carboxylic acids is 2. The van der Waals surface area contributed by atoms with Crippen LogP contribution in [0.25, 0.3) is 11.4 Å². The quantitative estimate of drug-likeness (QED) is 0.754. The Kier molecular flexibility index (Phi) is 6.54. The normalized spacial score (nSPS) is 14.1. The van der Waals surface area contributed by atoms with Crippen molar-refractivity contribution in [3.05, 3.63) is 42.1 Å². The summed E-state index contributed by atoms with van der Waals surface area (Å²) in [6, 6.07) is 11.3. The topological polar surface area (TPSA) is 87.7 Å². The molecule has 3 rings (SSSR count). The molecule has 0 spiro atoms. The lowest BCUT2D eigenvalue weighted by Gasteiger charge is -2.35. The molecule has 0 atom stereocenters. The van der Waals surface area contributed by atoms with E-state index in [-0.39, 0.29) is 11.8 Å². The van der Waals surface area contributed by atoms with Crippen molar-refractivity contribution >= 4 is 17.6 Å². The highest BCUT2D eigenvalue weighted by molar-refractivity contribution is 5.93. The van der Waals surface area contributed by atoms with Crippen LogP contribution in [0, 0.1) is 0 Å². The summed E-state index contributed by atoms with van der Waals surface area (Å²) in [5.41, 5.74) is 1.16. The van der Waals surface area contributed by atoms with E-state index in [1.54, 1.807) is 20.1 Å². The van der Waals surface area contributed by atoms with Crippen LogP contribution in [0.1, 0.15) is 17.4 Å². The minimum atomic E-state index is -0.264. The molecule has 1 fully saturated rings. The maximum absolute atomic E-state index is 12.6. The Balaban J connectivity index is 1.87. The zero-order valence-corrected chi connectivity index (χ0v) is 16.2. The number of benzene rings is 1. The number of anilines is 1. The van der Waals surface area contributed by atoms with Crippen LogP contribution in [0.5, 0.6) is 0 Å². The summed E-state index contributed by atoms with van der Waals surface area (Å²) in [4.78, 5) is 37.2. The van der Waals surface area contributed by atoms with Gasteiger partial charge in [-0.05, 0) is 0 Å². The Morgan fingerprint density at radius 1 is 1.11 bits per heavy atom. The summed E-state index contributed by atoms with van der Waals surface area (Å²) in [6.45, 7) is 5.01. The van der Waals surface area contributed by atoms with Crippen molar-refractivity contribution < 1.29 is 14.3 Å². The van der Waals surface area contributed by atoms with E-state index in [0.29, 0.717) is 56.7 Å². The summed E-state index contributed by atoms with van der Waals surface area (Å²) in [5, 5.41) is 2.81. The third-order valence-electron chi connectivity index (χ3n) is 4.62. The van der Waals surface area contributed by atoms with E-state index in [4.69, 9.17) is 4.74 Å². The van der Waals surface area contributed by atoms with Gasteiger partial charge >= 0.3 is 0 Å². The molecule has 2 amide bonds. The second-order valence-electron chi connectivity index (χ2n) is 6.54. The first-order valence-electron chi connectivity index (χ1n) is 9.30. The average molecular weight is 383 g/mol. The highest BCUT2D eigenvalue weighted by atomic mass is 16.5. The standard InChI is InChI=1S/C20H25N5O3/c1-15(26)24-9-11-25(12-10-24)18-14-17(20(27)21-8-13-28-2)22-19(23-18)16-6-4-3-5-7-16/h3-7,14H,8-13H2,1-2H3,(H,21,27). The van der Waals surface area contributed by atoms with Crippen molar-refractivity contribution in [3.8, 4) is 11.4 Å². The number of rotatable bonds is 6. The number of amides is 2. The van der Waals surface area contributed by atoms with Crippen LogP contribution in [0.2, 0.25) is 0 Å². The van der Waals surface area contributed by atoms with Crippen LogP contribution >= 0.6 is 0 Å². The van der Waals surface area contributed by atoms with Gasteiger partial charge < -0.3 is 19.9 Å². The summed E-state index contributed by atoms with van der Waals surface area (Å²) in [6.07, 6.45) is 0. The van der Waals surface area contributed by atoms with Gasteiger partial charge in [0.1, 0.15) is 11.5 Å². The lowest BCUT2D eigenvalue weighted by Crippen LogP contribution is -2.48. The maximum Gasteiger partial charge on any atom is 0.270 e. The van der Waals surface area contributed by atoms with E-state index >= 15 is 0 Å². The molecule has 0 aliphatic carbocycles. The summed E-state index contributed by atoms with van der Waals surface area (Å²) in [7, 11) is 1.59. The third-order valence-corrected chi connectivity index (χ3v) is 4.62. The van der Waals surface area contributed by atoms with Crippen LogP contribution in [0.4, 0.5) is 5.82 Å². The van der Waals surface area contributed by atoms with Crippen LogP contribution in [-0.4, -0.2) is 73.1 Å². The van der Waals surface area contributed by atoms with Crippen molar-refractivity contribution in [2.45, 2.75) is 6.92 Å². The summed E-state index contributed by atoms with van der Waals surface area (Å²) >= 11 is 0. The van der Waals surface area contributed by atoms with Crippen molar-refractivity contribution in [3.63, 3.8) is 0 Å². The first-order valence-corrected chi connectivity index (χ1v) is 9.30. The van der Waals surface area contributed by atoms with Gasteiger partial charge in [0.05, 0.1) is 6.61 Å². The van der Waals surface area contributed by atoms with E-state index in [2.05, 4.69) is 20.2 Å². The SMILES string of the molecule is COCCNC(=O)c1cc(N2CCN(C(C)=O)CC2)nc(-c2ccccc2)n1. The van der Waals surface area contributed by atoms with Gasteiger partial charge in [-0.1, -0.05) is 30.3 Å². The Morgan fingerprint density at radius 3 is 2.46 bits per heavy atom. The van der Waals surface area contributed by atoms with Crippen molar-refractivity contribution in [1.82, 2.24) is 20.2 Å². The predicted molar refractivity (Wildman–Crippen MR) is 106 cm³/mol. The number of hydrogen-bond acceptors (Lipinski definition) is 6. The number of nitrogens with zero attached hydrogens (tertiary/aromatic N) is 4. The molecule has 1 aromatic heterocycles. The molecule has 148 valence electrons. The highest BCUT2D eigenvalue weighted by Crippen LogP contribution is 2.21. The van der Waals surface area contributed by atoms with Crippen molar-refractivity contribution in [2.75, 3.05) is 51.3 Å².